The lowest BCUT2D eigenvalue weighted by Gasteiger charge is -2.13. The minimum absolute atomic E-state index is 0.0411. The summed E-state index contributed by atoms with van der Waals surface area (Å²) in [5.74, 6) is -0.856. The summed E-state index contributed by atoms with van der Waals surface area (Å²) < 4.78 is 24.1. The molecule has 1 aromatic rings. The number of anilines is 1. The number of hydrogen-bond acceptors (Lipinski definition) is 4. The Hall–Kier alpha value is -1.56. The van der Waals surface area contributed by atoms with Crippen LogP contribution >= 0.6 is 0 Å². The molecule has 88 valence electrons. The molecule has 1 rings (SSSR count). The van der Waals surface area contributed by atoms with Crippen molar-refractivity contribution < 1.29 is 13.2 Å². The van der Waals surface area contributed by atoms with Crippen LogP contribution in [0.4, 0.5) is 5.69 Å². The Balaban J connectivity index is 3.32. The van der Waals surface area contributed by atoms with Gasteiger partial charge in [-0.1, -0.05) is 19.1 Å². The molecule has 5 nitrogen and oxygen atoms in total. The lowest BCUT2D eigenvalue weighted by atomic mass is 10.3. The van der Waals surface area contributed by atoms with Crippen molar-refractivity contribution in [3.05, 3.63) is 24.3 Å². The van der Waals surface area contributed by atoms with Gasteiger partial charge in [0, 0.05) is 0 Å². The Morgan fingerprint density at radius 1 is 1.38 bits per heavy atom. The van der Waals surface area contributed by atoms with Crippen molar-refractivity contribution in [1.29, 1.82) is 0 Å². The molecule has 16 heavy (non-hydrogen) atoms. The van der Waals surface area contributed by atoms with Crippen molar-refractivity contribution in [1.82, 2.24) is 0 Å². The van der Waals surface area contributed by atoms with E-state index in [1.54, 1.807) is 19.1 Å². The highest BCUT2D eigenvalue weighted by Gasteiger charge is 2.31. The molecule has 0 saturated carbocycles. The average Bonchev–Trinajstić information content (AvgIpc) is 2.17. The third kappa shape index (κ3) is 2.16. The number of primary amides is 1. The zero-order valence-corrected chi connectivity index (χ0v) is 9.70. The summed E-state index contributed by atoms with van der Waals surface area (Å²) in [6, 6.07) is 6.02. The molecular weight excluding hydrogens is 228 g/mol. The average molecular weight is 242 g/mol. The molecule has 1 amide bonds. The molecule has 0 aliphatic rings. The van der Waals surface area contributed by atoms with Crippen molar-refractivity contribution in [3.8, 4) is 0 Å². The standard InChI is InChI=1S/C10H14N2O3S/c1-2-8(10(12)13)16(14,15)9-6-4-3-5-7(9)11/h3-6,8H,2,11H2,1H3,(H2,12,13). The minimum atomic E-state index is -3.78. The zero-order chi connectivity index (χ0) is 12.3. The Labute approximate surface area is 94.4 Å². The van der Waals surface area contributed by atoms with Crippen molar-refractivity contribution in [2.75, 3.05) is 5.73 Å². The van der Waals surface area contributed by atoms with Gasteiger partial charge in [-0.25, -0.2) is 8.42 Å². The lowest BCUT2D eigenvalue weighted by Crippen LogP contribution is -2.35. The quantitative estimate of drug-likeness (QED) is 0.741. The number of nitrogen functional groups attached to an aromatic ring is 1. The van der Waals surface area contributed by atoms with Crippen LogP contribution in [0.15, 0.2) is 29.2 Å². The summed E-state index contributed by atoms with van der Waals surface area (Å²) in [6.07, 6.45) is 0.131. The molecule has 0 spiro atoms. The molecule has 0 fully saturated rings. The Bertz CT molecular complexity index is 497. The molecule has 0 aliphatic carbocycles. The third-order valence-electron chi connectivity index (χ3n) is 2.29. The van der Waals surface area contributed by atoms with Crippen LogP contribution in [-0.2, 0) is 14.6 Å². The highest BCUT2D eigenvalue weighted by molar-refractivity contribution is 7.93. The predicted octanol–water partition coefficient (Wildman–Crippen LogP) is 0.306. The first-order chi connectivity index (χ1) is 7.41. The maximum Gasteiger partial charge on any atom is 0.236 e. The molecular formula is C10H14N2O3S. The molecule has 6 heteroatoms. The molecule has 0 saturated heterocycles. The molecule has 0 bridgehead atoms. The maximum atomic E-state index is 12.0. The summed E-state index contributed by atoms with van der Waals surface area (Å²) >= 11 is 0. The third-order valence-corrected chi connectivity index (χ3v) is 4.59. The second-order valence-electron chi connectivity index (χ2n) is 3.38. The van der Waals surface area contributed by atoms with E-state index < -0.39 is 21.0 Å². The smallest absolute Gasteiger partial charge is 0.236 e. The number of hydrogen-bond donors (Lipinski definition) is 2. The normalized spacial score (nSPS) is 13.3. The van der Waals surface area contributed by atoms with Gasteiger partial charge in [-0.05, 0) is 18.6 Å². The number of amides is 1. The molecule has 4 N–H and O–H groups in total. The van der Waals surface area contributed by atoms with Gasteiger partial charge in [-0.15, -0.1) is 0 Å². The van der Waals surface area contributed by atoms with Crippen LogP contribution in [0.3, 0.4) is 0 Å². The van der Waals surface area contributed by atoms with E-state index in [4.69, 9.17) is 11.5 Å². The van der Waals surface area contributed by atoms with Crippen LogP contribution in [0.1, 0.15) is 13.3 Å². The van der Waals surface area contributed by atoms with Gasteiger partial charge in [-0.3, -0.25) is 4.79 Å². The van der Waals surface area contributed by atoms with Gasteiger partial charge in [0.05, 0.1) is 10.6 Å². The number of rotatable bonds is 4. The second-order valence-corrected chi connectivity index (χ2v) is 5.48. The van der Waals surface area contributed by atoms with Crippen molar-refractivity contribution in [3.63, 3.8) is 0 Å². The van der Waals surface area contributed by atoms with Crippen molar-refractivity contribution in [2.24, 2.45) is 5.73 Å². The van der Waals surface area contributed by atoms with Gasteiger partial charge >= 0.3 is 0 Å². The fourth-order valence-electron chi connectivity index (χ4n) is 1.47. The van der Waals surface area contributed by atoms with Crippen LogP contribution < -0.4 is 11.5 Å². The van der Waals surface area contributed by atoms with Crippen LogP contribution in [0.5, 0.6) is 0 Å². The summed E-state index contributed by atoms with van der Waals surface area (Å²) in [6.45, 7) is 1.59. The van der Waals surface area contributed by atoms with Crippen molar-refractivity contribution in [2.45, 2.75) is 23.5 Å². The molecule has 1 unspecified atom stereocenters. The molecule has 0 aliphatic heterocycles. The number of carbonyl (C=O) groups excluding carboxylic acids is 1. The Kier molecular flexibility index (Phi) is 3.54. The SMILES string of the molecule is CCC(C(N)=O)S(=O)(=O)c1ccccc1N. The topological polar surface area (TPSA) is 103 Å². The van der Waals surface area contributed by atoms with E-state index in [1.165, 1.54) is 12.1 Å². The summed E-state index contributed by atoms with van der Waals surface area (Å²) in [5.41, 5.74) is 10.8. The van der Waals surface area contributed by atoms with E-state index in [2.05, 4.69) is 0 Å². The van der Waals surface area contributed by atoms with Gasteiger partial charge < -0.3 is 11.5 Å². The largest absolute Gasteiger partial charge is 0.398 e. The number of nitrogens with two attached hydrogens (primary N) is 2. The van der Waals surface area contributed by atoms with Crippen LogP contribution in [0, 0.1) is 0 Å². The Morgan fingerprint density at radius 3 is 2.38 bits per heavy atom. The summed E-state index contributed by atoms with van der Waals surface area (Å²) in [4.78, 5) is 11.0. The monoisotopic (exact) mass is 242 g/mol. The molecule has 0 aromatic heterocycles. The zero-order valence-electron chi connectivity index (χ0n) is 8.88. The highest BCUT2D eigenvalue weighted by Crippen LogP contribution is 2.23. The fourth-order valence-corrected chi connectivity index (χ4v) is 3.18. The maximum absolute atomic E-state index is 12.0. The molecule has 0 heterocycles. The van der Waals surface area contributed by atoms with Crippen LogP contribution in [-0.4, -0.2) is 19.6 Å². The number of carbonyl (C=O) groups is 1. The molecule has 1 aromatic carbocycles. The second kappa shape index (κ2) is 4.52. The number of benzene rings is 1. The summed E-state index contributed by atoms with van der Waals surface area (Å²) in [5, 5.41) is -1.22. The first kappa shape index (κ1) is 12.5. The van der Waals surface area contributed by atoms with E-state index in [-0.39, 0.29) is 17.0 Å². The van der Waals surface area contributed by atoms with Crippen LogP contribution in [0.2, 0.25) is 0 Å². The fraction of sp³-hybridized carbons (Fsp3) is 0.300. The van der Waals surface area contributed by atoms with E-state index >= 15 is 0 Å². The first-order valence-corrected chi connectivity index (χ1v) is 6.33. The highest BCUT2D eigenvalue weighted by atomic mass is 32.2. The van der Waals surface area contributed by atoms with E-state index in [9.17, 15) is 13.2 Å². The summed E-state index contributed by atoms with van der Waals surface area (Å²) in [7, 11) is -3.78. The lowest BCUT2D eigenvalue weighted by molar-refractivity contribution is -0.117. The van der Waals surface area contributed by atoms with Gasteiger partial charge in [-0.2, -0.15) is 0 Å². The number of para-hydroxylation sites is 1. The predicted molar refractivity (Wildman–Crippen MR) is 61.3 cm³/mol. The minimum Gasteiger partial charge on any atom is -0.398 e. The first-order valence-electron chi connectivity index (χ1n) is 4.79. The Morgan fingerprint density at radius 2 is 1.94 bits per heavy atom. The van der Waals surface area contributed by atoms with Crippen molar-refractivity contribution >= 4 is 21.4 Å². The molecule has 1 atom stereocenters. The van der Waals surface area contributed by atoms with E-state index in [0.29, 0.717) is 0 Å². The van der Waals surface area contributed by atoms with Gasteiger partial charge in [0.2, 0.25) is 5.91 Å². The number of sulfone groups is 1. The van der Waals surface area contributed by atoms with Crippen LogP contribution in [0.25, 0.3) is 0 Å². The molecule has 0 radical (unpaired) electrons. The van der Waals surface area contributed by atoms with Gasteiger partial charge in [0.1, 0.15) is 5.25 Å². The van der Waals surface area contributed by atoms with Gasteiger partial charge in [0.25, 0.3) is 0 Å². The van der Waals surface area contributed by atoms with E-state index in [1.807, 2.05) is 0 Å². The van der Waals surface area contributed by atoms with E-state index in [0.717, 1.165) is 0 Å². The van der Waals surface area contributed by atoms with Gasteiger partial charge in [0.15, 0.2) is 9.84 Å².